The molecule has 0 fully saturated rings. The second-order valence-electron chi connectivity index (χ2n) is 18.5. The first kappa shape index (κ1) is 46.1. The van der Waals surface area contributed by atoms with Crippen LogP contribution in [0.15, 0.2) is 322 Å². The molecule has 0 saturated heterocycles. The van der Waals surface area contributed by atoms with Crippen molar-refractivity contribution in [3.05, 3.63) is 322 Å². The van der Waals surface area contributed by atoms with Crippen LogP contribution < -0.4 is 14.7 Å². The predicted octanol–water partition coefficient (Wildman–Crippen LogP) is 20.6. The van der Waals surface area contributed by atoms with Crippen molar-refractivity contribution in [2.45, 2.75) is 0 Å². The van der Waals surface area contributed by atoms with Gasteiger partial charge in [-0.3, -0.25) is 0 Å². The van der Waals surface area contributed by atoms with Gasteiger partial charge in [-0.05, 0) is 118 Å². The summed E-state index contributed by atoms with van der Waals surface area (Å²) in [6.45, 7) is 0. The lowest BCUT2D eigenvalue weighted by molar-refractivity contribution is 1.29. The Kier molecular flexibility index (Phi) is 13.2. The van der Waals surface area contributed by atoms with Gasteiger partial charge in [0.2, 0.25) is 0 Å². The van der Waals surface area contributed by atoms with Crippen LogP contribution in [-0.2, 0) is 0 Å². The first-order valence-corrected chi connectivity index (χ1v) is 25.6. The Hall–Kier alpha value is -9.96. The molecule has 0 bridgehead atoms. The number of para-hydroxylation sites is 4. The molecular weight excluding hydrogens is 907 g/mol. The third kappa shape index (κ3) is 9.62. The Morgan fingerprint density at radius 2 is 0.440 bits per heavy atom. The fraction of sp³-hybridized carbons (Fsp3) is 0. The molecule has 13 aromatic rings. The monoisotopic (exact) mass is 959 g/mol. The van der Waals surface area contributed by atoms with E-state index < -0.39 is 0 Å². The zero-order valence-electron chi connectivity index (χ0n) is 41.4. The van der Waals surface area contributed by atoms with Crippen LogP contribution in [0.4, 0.5) is 51.2 Å². The van der Waals surface area contributed by atoms with Crippen LogP contribution in [0.1, 0.15) is 0 Å². The van der Waals surface area contributed by atoms with E-state index in [4.69, 9.17) is 0 Å². The molecule has 0 amide bonds. The summed E-state index contributed by atoms with van der Waals surface area (Å²) in [5.41, 5.74) is 15.1. The van der Waals surface area contributed by atoms with Gasteiger partial charge in [-0.2, -0.15) is 0 Å². The molecule has 0 aliphatic rings. The van der Waals surface area contributed by atoms with E-state index >= 15 is 0 Å². The highest BCUT2D eigenvalue weighted by molar-refractivity contribution is 6.02. The first-order chi connectivity index (χ1) is 37.2. The molecule has 0 spiro atoms. The minimum atomic E-state index is 1.12. The van der Waals surface area contributed by atoms with Crippen molar-refractivity contribution in [1.29, 1.82) is 0 Å². The summed E-state index contributed by atoms with van der Waals surface area (Å²) in [4.78, 5) is 7.05. The number of anilines is 9. The number of hydrogen-bond acceptors (Lipinski definition) is 3. The molecule has 0 N–H and O–H groups in total. The van der Waals surface area contributed by atoms with E-state index in [2.05, 4.69) is 336 Å². The maximum Gasteiger partial charge on any atom is 0.0540 e. The lowest BCUT2D eigenvalue weighted by Gasteiger charge is -2.29. The molecule has 0 heterocycles. The third-order valence-corrected chi connectivity index (χ3v) is 13.9. The highest BCUT2D eigenvalue weighted by atomic mass is 15.2. The molecule has 0 aliphatic heterocycles. The van der Waals surface area contributed by atoms with Crippen molar-refractivity contribution in [3.8, 4) is 22.3 Å². The Morgan fingerprint density at radius 1 is 0.160 bits per heavy atom. The van der Waals surface area contributed by atoms with E-state index in [0.29, 0.717) is 0 Å². The smallest absolute Gasteiger partial charge is 0.0540 e. The van der Waals surface area contributed by atoms with Gasteiger partial charge in [-0.25, -0.2) is 0 Å². The van der Waals surface area contributed by atoms with E-state index in [1.54, 1.807) is 0 Å². The first-order valence-electron chi connectivity index (χ1n) is 25.6. The Morgan fingerprint density at radius 3 is 0.853 bits per heavy atom. The second kappa shape index (κ2) is 21.4. The van der Waals surface area contributed by atoms with Crippen molar-refractivity contribution in [2.24, 2.45) is 0 Å². The van der Waals surface area contributed by atoms with Gasteiger partial charge in [-0.1, -0.05) is 237 Å². The van der Waals surface area contributed by atoms with Crippen molar-refractivity contribution in [2.75, 3.05) is 14.7 Å². The van der Waals surface area contributed by atoms with Crippen molar-refractivity contribution < 1.29 is 0 Å². The number of hydrogen-bond donors (Lipinski definition) is 0. The van der Waals surface area contributed by atoms with Crippen LogP contribution in [0, 0.1) is 0 Å². The molecule has 3 nitrogen and oxygen atoms in total. The molecule has 75 heavy (non-hydrogen) atoms. The summed E-state index contributed by atoms with van der Waals surface area (Å²) in [6.07, 6.45) is 0. The van der Waals surface area contributed by atoms with E-state index in [-0.39, 0.29) is 0 Å². The van der Waals surface area contributed by atoms with Crippen LogP contribution in [0.25, 0.3) is 54.6 Å². The summed E-state index contributed by atoms with van der Waals surface area (Å²) in [5.74, 6) is 0. The topological polar surface area (TPSA) is 9.72 Å². The predicted molar refractivity (Wildman–Crippen MR) is 320 cm³/mol. The average molecular weight is 960 g/mol. The maximum atomic E-state index is 2.37. The largest absolute Gasteiger partial charge is 0.310 e. The molecule has 0 unspecified atom stereocenters. The van der Waals surface area contributed by atoms with Crippen LogP contribution in [-0.4, -0.2) is 0 Å². The molecule has 13 rings (SSSR count). The average Bonchev–Trinajstić information content (AvgIpc) is 3.49. The minimum absolute atomic E-state index is 1.12. The van der Waals surface area contributed by atoms with Gasteiger partial charge in [0.15, 0.2) is 0 Å². The molecular formula is C72H53N3. The van der Waals surface area contributed by atoms with Crippen LogP contribution in [0.3, 0.4) is 0 Å². The molecule has 0 radical (unpaired) electrons. The number of benzene rings is 13. The van der Waals surface area contributed by atoms with Gasteiger partial charge in [0.25, 0.3) is 0 Å². The SMILES string of the molecule is c1ccc(-c2ccccc2N(c2ccccc2)c2cccc3ccccc23)cc1.c1ccc(N(c2ccc(-c3ccc(N(c4ccccc4)c4cccc5ccccc45)cc3)cc2)c2cccc3ccccc23)cc1. The molecule has 0 aromatic heterocycles. The van der Waals surface area contributed by atoms with Gasteiger partial charge in [0.1, 0.15) is 0 Å². The normalized spacial score (nSPS) is 10.9. The van der Waals surface area contributed by atoms with Gasteiger partial charge < -0.3 is 14.7 Å². The summed E-state index contributed by atoms with van der Waals surface area (Å²) in [5, 5.41) is 7.38. The van der Waals surface area contributed by atoms with E-state index in [1.807, 2.05) is 0 Å². The molecule has 0 saturated carbocycles. The summed E-state index contributed by atoms with van der Waals surface area (Å²) >= 11 is 0. The number of fused-ring (bicyclic) bond motifs is 3. The van der Waals surface area contributed by atoms with Gasteiger partial charge in [0, 0.05) is 50.2 Å². The fourth-order valence-electron chi connectivity index (χ4n) is 10.3. The molecule has 0 aliphatic carbocycles. The third-order valence-electron chi connectivity index (χ3n) is 13.9. The van der Waals surface area contributed by atoms with E-state index in [9.17, 15) is 0 Å². The number of rotatable bonds is 11. The Labute approximate surface area is 439 Å². The minimum Gasteiger partial charge on any atom is -0.310 e. The zero-order valence-corrected chi connectivity index (χ0v) is 41.4. The Balaban J connectivity index is 0.000000168. The molecule has 3 heteroatoms. The maximum absolute atomic E-state index is 2.37. The van der Waals surface area contributed by atoms with Gasteiger partial charge >= 0.3 is 0 Å². The highest BCUT2D eigenvalue weighted by Crippen LogP contribution is 2.44. The van der Waals surface area contributed by atoms with Crippen molar-refractivity contribution in [1.82, 2.24) is 0 Å². The van der Waals surface area contributed by atoms with Crippen LogP contribution in [0.2, 0.25) is 0 Å². The van der Waals surface area contributed by atoms with Crippen molar-refractivity contribution in [3.63, 3.8) is 0 Å². The molecule has 356 valence electrons. The van der Waals surface area contributed by atoms with Gasteiger partial charge in [-0.15, -0.1) is 0 Å². The standard InChI is InChI=1S/C44H32N2.C28H21N/c1-3-17-37(18-4-1)45(43-23-11-15-35-13-7-9-21-41(35)43)39-29-25-33(26-30-39)34-27-31-40(32-28-34)46(38-19-5-2-6-20-38)44-24-12-16-36-14-8-10-22-42(36)44;1-3-12-22(13-4-1)25-19-9-10-20-27(25)29(24-16-5-2-6-17-24)28-21-11-15-23-14-7-8-18-26(23)28/h1-32H;1-21H. The van der Waals surface area contributed by atoms with Crippen molar-refractivity contribution >= 4 is 83.5 Å². The van der Waals surface area contributed by atoms with Gasteiger partial charge in [0.05, 0.1) is 22.7 Å². The fourth-order valence-corrected chi connectivity index (χ4v) is 10.3. The van der Waals surface area contributed by atoms with Crippen LogP contribution in [0.5, 0.6) is 0 Å². The number of nitrogens with zero attached hydrogens (tertiary/aromatic N) is 3. The molecule has 13 aromatic carbocycles. The van der Waals surface area contributed by atoms with E-state index in [0.717, 1.165) is 39.8 Å². The highest BCUT2D eigenvalue weighted by Gasteiger charge is 2.20. The summed E-state index contributed by atoms with van der Waals surface area (Å²) < 4.78 is 0. The van der Waals surface area contributed by atoms with E-state index in [1.165, 1.54) is 65.9 Å². The zero-order chi connectivity index (χ0) is 50.2. The summed E-state index contributed by atoms with van der Waals surface area (Å²) in [7, 11) is 0. The Bertz CT molecular complexity index is 3810. The second-order valence-corrected chi connectivity index (χ2v) is 18.5. The lowest BCUT2D eigenvalue weighted by Crippen LogP contribution is -2.11. The summed E-state index contributed by atoms with van der Waals surface area (Å²) in [6, 6.07) is 114. The molecule has 0 atom stereocenters. The quantitative estimate of drug-likeness (QED) is 0.128. The lowest BCUT2D eigenvalue weighted by atomic mass is 10.0. The van der Waals surface area contributed by atoms with Crippen LogP contribution >= 0.6 is 0 Å².